The van der Waals surface area contributed by atoms with Crippen molar-refractivity contribution < 1.29 is 27.1 Å². The molecule has 2 heterocycles. The molecule has 4 atom stereocenters. The zero-order chi connectivity index (χ0) is 23.1. The Morgan fingerprint density at radius 2 is 2.03 bits per heavy atom. The maximum absolute atomic E-state index is 14.2. The average Bonchev–Trinajstić information content (AvgIpc) is 3.19. The summed E-state index contributed by atoms with van der Waals surface area (Å²) in [4.78, 5) is 15.5. The van der Waals surface area contributed by atoms with Crippen LogP contribution < -0.4 is 5.32 Å². The number of nitrogens with one attached hydrogen (secondary N) is 1. The van der Waals surface area contributed by atoms with Gasteiger partial charge in [0.1, 0.15) is 6.17 Å². The molecule has 1 saturated heterocycles. The van der Waals surface area contributed by atoms with Gasteiger partial charge in [-0.25, -0.2) is 4.39 Å². The lowest BCUT2D eigenvalue weighted by atomic mass is 9.73. The fourth-order valence-electron chi connectivity index (χ4n) is 5.60. The molecule has 4 rings (SSSR count). The summed E-state index contributed by atoms with van der Waals surface area (Å²) < 4.78 is 58.9. The lowest BCUT2D eigenvalue weighted by molar-refractivity contribution is -0.145. The second-order valence-corrected chi connectivity index (χ2v) is 9.86. The van der Waals surface area contributed by atoms with Gasteiger partial charge in [0.25, 0.3) is 0 Å². The number of carbonyl (C=O) groups is 1. The van der Waals surface area contributed by atoms with Crippen LogP contribution in [0.15, 0.2) is 18.2 Å². The van der Waals surface area contributed by atoms with Crippen LogP contribution in [0.1, 0.15) is 56.2 Å². The third-order valence-corrected chi connectivity index (χ3v) is 7.65. The van der Waals surface area contributed by atoms with Gasteiger partial charge in [-0.3, -0.25) is 4.79 Å². The van der Waals surface area contributed by atoms with E-state index in [-0.39, 0.29) is 37.1 Å². The van der Waals surface area contributed by atoms with Gasteiger partial charge >= 0.3 is 6.18 Å². The zero-order valence-corrected chi connectivity index (χ0v) is 18.7. The van der Waals surface area contributed by atoms with E-state index in [2.05, 4.69) is 5.32 Å². The highest BCUT2D eigenvalue weighted by molar-refractivity contribution is 5.84. The summed E-state index contributed by atoms with van der Waals surface area (Å²) in [7, 11) is 0. The lowest BCUT2D eigenvalue weighted by Gasteiger charge is -2.40. The van der Waals surface area contributed by atoms with Gasteiger partial charge in [0.05, 0.1) is 17.6 Å². The smallest absolute Gasteiger partial charge is 0.378 e. The second-order valence-electron chi connectivity index (χ2n) is 9.86. The fraction of sp³-hybridized carbons (Fsp3) is 0.708. The van der Waals surface area contributed by atoms with Gasteiger partial charge in [-0.1, -0.05) is 19.9 Å². The molecule has 2 fully saturated rings. The number of amides is 1. The van der Waals surface area contributed by atoms with E-state index in [0.717, 1.165) is 18.1 Å². The van der Waals surface area contributed by atoms with Crippen LogP contribution in [0.2, 0.25) is 0 Å². The minimum absolute atomic E-state index is 0.0173. The topological polar surface area (TPSA) is 41.6 Å². The predicted molar refractivity (Wildman–Crippen MR) is 113 cm³/mol. The minimum atomic E-state index is -4.40. The highest BCUT2D eigenvalue weighted by Gasteiger charge is 2.50. The van der Waals surface area contributed by atoms with Crippen LogP contribution in [-0.2, 0) is 28.7 Å². The van der Waals surface area contributed by atoms with Crippen LogP contribution in [0.5, 0.6) is 0 Å². The van der Waals surface area contributed by atoms with Crippen LogP contribution in [0.4, 0.5) is 17.6 Å². The molecule has 1 aromatic carbocycles. The first kappa shape index (κ1) is 23.5. The summed E-state index contributed by atoms with van der Waals surface area (Å²) in [5.41, 5.74) is 0.202. The van der Waals surface area contributed by atoms with Crippen LogP contribution in [0, 0.1) is 11.3 Å². The molecular formula is C24H32F4N2O2. The monoisotopic (exact) mass is 456 g/mol. The van der Waals surface area contributed by atoms with Crippen molar-refractivity contribution >= 4 is 5.91 Å². The third-order valence-electron chi connectivity index (χ3n) is 7.65. The molecule has 4 nitrogen and oxygen atoms in total. The van der Waals surface area contributed by atoms with Crippen molar-refractivity contribution in [3.63, 3.8) is 0 Å². The quantitative estimate of drug-likeness (QED) is 0.679. The molecule has 0 aromatic heterocycles. The van der Waals surface area contributed by atoms with Gasteiger partial charge in [0.15, 0.2) is 0 Å². The van der Waals surface area contributed by atoms with E-state index in [4.69, 9.17) is 4.74 Å². The molecule has 2 unspecified atom stereocenters. The first-order valence-electron chi connectivity index (χ1n) is 11.6. The largest absolute Gasteiger partial charge is 0.416 e. The van der Waals surface area contributed by atoms with Crippen LogP contribution >= 0.6 is 0 Å². The Kier molecular flexibility index (Phi) is 6.56. The standard InChI is InChI=1S/C24H32F4N2O2/c1-15(2)23(8-5-19(12-23)29-21-7-10-32-14-20(21)25)22(31)30-9-6-16-3-4-18(24(26,27)28)11-17(16)13-30/h3-4,11,15,19-21,29H,5-10,12-14H2,1-2H3/t19-,20?,21?,23+/m1/s1. The number of benzene rings is 1. The zero-order valence-electron chi connectivity index (χ0n) is 18.7. The predicted octanol–water partition coefficient (Wildman–Crippen LogP) is 4.50. The van der Waals surface area contributed by atoms with Gasteiger partial charge in [0.2, 0.25) is 5.91 Å². The first-order valence-corrected chi connectivity index (χ1v) is 11.6. The van der Waals surface area contributed by atoms with Crippen LogP contribution in [0.3, 0.4) is 0 Å². The lowest BCUT2D eigenvalue weighted by Crippen LogP contribution is -2.50. The number of hydrogen-bond acceptors (Lipinski definition) is 3. The molecule has 8 heteroatoms. The van der Waals surface area contributed by atoms with Crippen molar-refractivity contribution in [3.8, 4) is 0 Å². The van der Waals surface area contributed by atoms with E-state index in [1.807, 2.05) is 13.8 Å². The van der Waals surface area contributed by atoms with Crippen molar-refractivity contribution in [3.05, 3.63) is 34.9 Å². The van der Waals surface area contributed by atoms with Crippen molar-refractivity contribution in [2.75, 3.05) is 19.8 Å². The maximum Gasteiger partial charge on any atom is 0.416 e. The summed E-state index contributed by atoms with van der Waals surface area (Å²) in [5, 5.41) is 3.42. The number of rotatable bonds is 4. The Hall–Kier alpha value is -1.67. The first-order chi connectivity index (χ1) is 15.1. The summed E-state index contributed by atoms with van der Waals surface area (Å²) in [6.07, 6.45) is -2.16. The van der Waals surface area contributed by atoms with Gasteiger partial charge in [-0.2, -0.15) is 13.2 Å². The van der Waals surface area contributed by atoms with Crippen molar-refractivity contribution in [2.24, 2.45) is 11.3 Å². The van der Waals surface area contributed by atoms with Crippen molar-refractivity contribution in [1.82, 2.24) is 10.2 Å². The van der Waals surface area contributed by atoms with E-state index in [1.165, 1.54) is 12.1 Å². The van der Waals surface area contributed by atoms with Crippen molar-refractivity contribution in [2.45, 2.75) is 76.9 Å². The molecular weight excluding hydrogens is 424 g/mol. The Balaban J connectivity index is 1.48. The SMILES string of the molecule is CC(C)[C@]1(C(=O)N2CCc3ccc(C(F)(F)F)cc3C2)CC[C@@H](NC2CCOCC2F)C1. The Bertz CT molecular complexity index is 844. The van der Waals surface area contributed by atoms with Gasteiger partial charge in [-0.15, -0.1) is 0 Å². The number of hydrogen-bond donors (Lipinski definition) is 1. The Labute approximate surface area is 186 Å². The molecule has 0 radical (unpaired) electrons. The highest BCUT2D eigenvalue weighted by atomic mass is 19.4. The Morgan fingerprint density at radius 1 is 1.25 bits per heavy atom. The van der Waals surface area contributed by atoms with E-state index in [0.29, 0.717) is 44.4 Å². The molecule has 1 amide bonds. The van der Waals surface area contributed by atoms with E-state index in [9.17, 15) is 22.4 Å². The van der Waals surface area contributed by atoms with Crippen LogP contribution in [-0.4, -0.2) is 48.8 Å². The summed E-state index contributed by atoms with van der Waals surface area (Å²) >= 11 is 0. The summed E-state index contributed by atoms with van der Waals surface area (Å²) in [5.74, 6) is 0.101. The van der Waals surface area contributed by atoms with E-state index < -0.39 is 23.3 Å². The molecule has 178 valence electrons. The van der Waals surface area contributed by atoms with Crippen molar-refractivity contribution in [1.29, 1.82) is 0 Å². The van der Waals surface area contributed by atoms with E-state index in [1.54, 1.807) is 4.90 Å². The maximum atomic E-state index is 14.2. The third kappa shape index (κ3) is 4.53. The van der Waals surface area contributed by atoms with Crippen LogP contribution in [0.25, 0.3) is 0 Å². The second kappa shape index (κ2) is 8.93. The molecule has 1 saturated carbocycles. The van der Waals surface area contributed by atoms with E-state index >= 15 is 0 Å². The molecule has 32 heavy (non-hydrogen) atoms. The molecule has 1 aliphatic carbocycles. The number of carbonyl (C=O) groups excluding carboxylic acids is 1. The Morgan fingerprint density at radius 3 is 2.72 bits per heavy atom. The molecule has 3 aliphatic rings. The van der Waals surface area contributed by atoms with Gasteiger partial charge in [0, 0.05) is 31.8 Å². The summed E-state index contributed by atoms with van der Waals surface area (Å²) in [6, 6.07) is 3.64. The number of halogens is 4. The fourth-order valence-corrected chi connectivity index (χ4v) is 5.60. The number of fused-ring (bicyclic) bond motifs is 1. The minimum Gasteiger partial charge on any atom is -0.378 e. The van der Waals surface area contributed by atoms with Gasteiger partial charge < -0.3 is 15.0 Å². The normalized spacial score (nSPS) is 31.1. The molecule has 2 aliphatic heterocycles. The number of alkyl halides is 4. The molecule has 0 spiro atoms. The summed E-state index contributed by atoms with van der Waals surface area (Å²) in [6.45, 7) is 5.42. The molecule has 1 N–H and O–H groups in total. The average molecular weight is 457 g/mol. The number of nitrogens with zero attached hydrogens (tertiary/aromatic N) is 1. The molecule has 0 bridgehead atoms. The van der Waals surface area contributed by atoms with Gasteiger partial charge in [-0.05, 0) is 61.3 Å². The molecule has 1 aromatic rings. The number of ether oxygens (including phenoxy) is 1. The highest BCUT2D eigenvalue weighted by Crippen LogP contribution is 2.47.